The van der Waals surface area contributed by atoms with Crippen LogP contribution in [0, 0.1) is 0 Å². The Morgan fingerprint density at radius 1 is 1.00 bits per heavy atom. The number of aromatic nitrogens is 3. The average molecular weight is 444 g/mol. The molecule has 8 nitrogen and oxygen atoms in total. The lowest BCUT2D eigenvalue weighted by Crippen LogP contribution is -2.11. The van der Waals surface area contributed by atoms with Gasteiger partial charge in [-0.2, -0.15) is 0 Å². The molecule has 3 aromatic carbocycles. The van der Waals surface area contributed by atoms with E-state index in [0.717, 1.165) is 22.8 Å². The number of anilines is 3. The average Bonchev–Trinajstić information content (AvgIpc) is 3.33. The van der Waals surface area contributed by atoms with Crippen LogP contribution in [0.4, 0.5) is 17.1 Å². The third-order valence-corrected chi connectivity index (χ3v) is 5.01. The fourth-order valence-corrected chi connectivity index (χ4v) is 3.30. The van der Waals surface area contributed by atoms with E-state index in [1.54, 1.807) is 36.1 Å². The van der Waals surface area contributed by atoms with Crippen LogP contribution in [-0.4, -0.2) is 39.7 Å². The molecule has 8 heteroatoms. The van der Waals surface area contributed by atoms with E-state index in [-0.39, 0.29) is 12.5 Å². The number of aliphatic hydroxyl groups excluding tert-OH is 1. The summed E-state index contributed by atoms with van der Waals surface area (Å²) >= 11 is 0. The lowest BCUT2D eigenvalue weighted by molar-refractivity contribution is 0.102. The van der Waals surface area contributed by atoms with Gasteiger partial charge in [0.2, 0.25) is 0 Å². The molecule has 0 aliphatic heterocycles. The summed E-state index contributed by atoms with van der Waals surface area (Å²) in [5, 5.41) is 23.5. The minimum Gasteiger partial charge on any atom is -0.497 e. The second-order valence-electron chi connectivity index (χ2n) is 7.42. The summed E-state index contributed by atoms with van der Waals surface area (Å²) in [5.74, 6) is 0.435. The number of aliphatic hydroxyl groups is 1. The Labute approximate surface area is 191 Å². The van der Waals surface area contributed by atoms with Crippen LogP contribution in [-0.2, 0) is 6.42 Å². The largest absolute Gasteiger partial charge is 0.497 e. The van der Waals surface area contributed by atoms with Crippen molar-refractivity contribution in [3.05, 3.63) is 90.3 Å². The number of nitrogens with one attached hydrogen (secondary N) is 2. The van der Waals surface area contributed by atoms with E-state index in [0.29, 0.717) is 29.8 Å². The second-order valence-corrected chi connectivity index (χ2v) is 7.42. The minimum absolute atomic E-state index is 0.135. The molecule has 3 N–H and O–H groups in total. The number of hydrogen-bond donors (Lipinski definition) is 3. The van der Waals surface area contributed by atoms with Crippen molar-refractivity contribution in [1.82, 2.24) is 15.0 Å². The van der Waals surface area contributed by atoms with E-state index in [1.807, 2.05) is 54.7 Å². The van der Waals surface area contributed by atoms with E-state index in [1.165, 1.54) is 0 Å². The molecular formula is C25H25N5O3. The molecule has 0 aliphatic carbocycles. The normalized spacial score (nSPS) is 10.6. The lowest BCUT2D eigenvalue weighted by Gasteiger charge is -2.10. The van der Waals surface area contributed by atoms with Crippen LogP contribution in [0.25, 0.3) is 5.69 Å². The lowest BCUT2D eigenvalue weighted by atomic mass is 10.2. The van der Waals surface area contributed by atoms with Crippen molar-refractivity contribution >= 4 is 23.0 Å². The van der Waals surface area contributed by atoms with E-state index >= 15 is 0 Å². The van der Waals surface area contributed by atoms with Crippen molar-refractivity contribution in [1.29, 1.82) is 0 Å². The fraction of sp³-hybridized carbons (Fsp3) is 0.160. The van der Waals surface area contributed by atoms with Crippen molar-refractivity contribution in [3.8, 4) is 11.4 Å². The van der Waals surface area contributed by atoms with Gasteiger partial charge in [-0.1, -0.05) is 17.3 Å². The molecule has 1 aromatic heterocycles. The zero-order valence-corrected chi connectivity index (χ0v) is 18.2. The standard InChI is InChI=1S/C25H25N5O3/c1-33-24-9-2-5-18(15-24)25(32)27-20-12-10-19(11-13-20)26-21-6-3-8-23(16-21)30-17-22(28-29-30)7-4-14-31/h2-3,5-6,8-13,15-17,26,31H,4,7,14H2,1H3,(H,27,32). The van der Waals surface area contributed by atoms with Crippen molar-refractivity contribution in [2.75, 3.05) is 24.4 Å². The first kappa shape index (κ1) is 22.0. The Kier molecular flexibility index (Phi) is 6.96. The van der Waals surface area contributed by atoms with Gasteiger partial charge in [-0.15, -0.1) is 5.10 Å². The van der Waals surface area contributed by atoms with Crippen LogP contribution in [0.5, 0.6) is 5.75 Å². The zero-order valence-electron chi connectivity index (χ0n) is 18.2. The molecule has 4 rings (SSSR count). The number of nitrogens with zero attached hydrogens (tertiary/aromatic N) is 3. The number of carbonyl (C=O) groups is 1. The predicted molar refractivity (Wildman–Crippen MR) is 127 cm³/mol. The Bertz CT molecular complexity index is 1220. The number of ether oxygens (including phenoxy) is 1. The van der Waals surface area contributed by atoms with Crippen LogP contribution in [0.3, 0.4) is 0 Å². The molecule has 0 aliphatic rings. The summed E-state index contributed by atoms with van der Waals surface area (Å²) in [6, 6.07) is 22.3. The molecule has 0 spiro atoms. The quantitative estimate of drug-likeness (QED) is 0.358. The van der Waals surface area contributed by atoms with E-state index in [4.69, 9.17) is 9.84 Å². The summed E-state index contributed by atoms with van der Waals surface area (Å²) in [6.45, 7) is 0.135. The summed E-state index contributed by atoms with van der Waals surface area (Å²) in [7, 11) is 1.57. The van der Waals surface area contributed by atoms with Crippen LogP contribution in [0.2, 0.25) is 0 Å². The number of benzene rings is 3. The van der Waals surface area contributed by atoms with Crippen molar-refractivity contribution in [2.24, 2.45) is 0 Å². The first-order chi connectivity index (χ1) is 16.1. The Hall–Kier alpha value is -4.17. The molecule has 1 heterocycles. The van der Waals surface area contributed by atoms with Gasteiger partial charge in [-0.05, 0) is 73.5 Å². The Balaban J connectivity index is 1.40. The van der Waals surface area contributed by atoms with Gasteiger partial charge < -0.3 is 20.5 Å². The number of amides is 1. The molecule has 0 fully saturated rings. The minimum atomic E-state index is -0.200. The van der Waals surface area contributed by atoms with E-state index in [9.17, 15) is 4.79 Å². The molecule has 33 heavy (non-hydrogen) atoms. The zero-order chi connectivity index (χ0) is 23.0. The SMILES string of the molecule is COc1cccc(C(=O)Nc2ccc(Nc3cccc(-n4cc(CCCO)nn4)c3)cc2)c1. The Morgan fingerprint density at radius 2 is 1.79 bits per heavy atom. The number of methoxy groups -OCH3 is 1. The van der Waals surface area contributed by atoms with Gasteiger partial charge >= 0.3 is 0 Å². The van der Waals surface area contributed by atoms with Gasteiger partial charge in [-0.25, -0.2) is 4.68 Å². The van der Waals surface area contributed by atoms with Gasteiger partial charge in [0.25, 0.3) is 5.91 Å². The number of aryl methyl sites for hydroxylation is 1. The summed E-state index contributed by atoms with van der Waals surface area (Å²) < 4.78 is 6.89. The maximum atomic E-state index is 12.5. The third-order valence-electron chi connectivity index (χ3n) is 5.01. The summed E-state index contributed by atoms with van der Waals surface area (Å²) in [5.41, 5.74) is 4.72. The summed E-state index contributed by atoms with van der Waals surface area (Å²) in [4.78, 5) is 12.5. The van der Waals surface area contributed by atoms with E-state index in [2.05, 4.69) is 20.9 Å². The molecule has 0 atom stereocenters. The number of hydrogen-bond acceptors (Lipinski definition) is 6. The molecule has 0 radical (unpaired) electrons. The first-order valence-electron chi connectivity index (χ1n) is 10.6. The molecule has 0 saturated heterocycles. The number of carbonyl (C=O) groups excluding carboxylic acids is 1. The molecule has 168 valence electrons. The second kappa shape index (κ2) is 10.4. The van der Waals surface area contributed by atoms with Gasteiger partial charge in [0.05, 0.1) is 24.7 Å². The molecular weight excluding hydrogens is 418 g/mol. The maximum absolute atomic E-state index is 12.5. The molecule has 0 unspecified atom stereocenters. The molecule has 4 aromatic rings. The predicted octanol–water partition coefficient (Wildman–Crippen LogP) is 4.20. The highest BCUT2D eigenvalue weighted by Crippen LogP contribution is 2.22. The highest BCUT2D eigenvalue weighted by molar-refractivity contribution is 6.04. The monoisotopic (exact) mass is 443 g/mol. The van der Waals surface area contributed by atoms with Crippen LogP contribution < -0.4 is 15.4 Å². The van der Waals surface area contributed by atoms with Gasteiger partial charge in [-0.3, -0.25) is 4.79 Å². The van der Waals surface area contributed by atoms with Gasteiger partial charge in [0.1, 0.15) is 5.75 Å². The third kappa shape index (κ3) is 5.75. The molecule has 1 amide bonds. The highest BCUT2D eigenvalue weighted by Gasteiger charge is 2.08. The van der Waals surface area contributed by atoms with Crippen LogP contribution in [0.15, 0.2) is 79.0 Å². The topological polar surface area (TPSA) is 101 Å². The molecule has 0 saturated carbocycles. The van der Waals surface area contributed by atoms with Gasteiger partial charge in [0.15, 0.2) is 0 Å². The smallest absolute Gasteiger partial charge is 0.255 e. The van der Waals surface area contributed by atoms with E-state index < -0.39 is 0 Å². The first-order valence-corrected chi connectivity index (χ1v) is 10.6. The highest BCUT2D eigenvalue weighted by atomic mass is 16.5. The molecule has 0 bridgehead atoms. The fourth-order valence-electron chi connectivity index (χ4n) is 3.30. The Morgan fingerprint density at radius 3 is 2.58 bits per heavy atom. The van der Waals surface area contributed by atoms with Crippen LogP contribution in [0.1, 0.15) is 22.5 Å². The maximum Gasteiger partial charge on any atom is 0.255 e. The van der Waals surface area contributed by atoms with Gasteiger partial charge in [0, 0.05) is 29.2 Å². The van der Waals surface area contributed by atoms with Crippen molar-refractivity contribution < 1.29 is 14.6 Å². The van der Waals surface area contributed by atoms with Crippen molar-refractivity contribution in [3.63, 3.8) is 0 Å². The van der Waals surface area contributed by atoms with Crippen molar-refractivity contribution in [2.45, 2.75) is 12.8 Å². The van der Waals surface area contributed by atoms with Crippen LogP contribution >= 0.6 is 0 Å². The summed E-state index contributed by atoms with van der Waals surface area (Å²) in [6.07, 6.45) is 3.22. The number of rotatable bonds is 9.